The van der Waals surface area contributed by atoms with Gasteiger partial charge in [0.15, 0.2) is 6.61 Å². The third-order valence-electron chi connectivity index (χ3n) is 2.25. The van der Waals surface area contributed by atoms with Crippen molar-refractivity contribution in [2.45, 2.75) is 6.92 Å². The molecule has 1 amide bonds. The molecule has 0 saturated carbocycles. The third-order valence-corrected chi connectivity index (χ3v) is 2.49. The van der Waals surface area contributed by atoms with E-state index < -0.39 is 0 Å². The Kier molecular flexibility index (Phi) is 3.84. The molecular weight excluding hydrogens is 254 g/mol. The highest BCUT2D eigenvalue weighted by atomic mass is 35.5. The lowest BCUT2D eigenvalue weighted by Gasteiger charge is -2.08. The number of carbonyl (C=O) groups is 1. The average molecular weight is 266 g/mol. The molecule has 1 aromatic carbocycles. The maximum Gasteiger partial charge on any atom is 0.264 e. The van der Waals surface area contributed by atoms with Gasteiger partial charge in [0.25, 0.3) is 5.91 Å². The molecule has 2 N–H and O–H groups in total. The smallest absolute Gasteiger partial charge is 0.264 e. The fraction of sp³-hybridized carbons (Fsp3) is 0.167. The highest BCUT2D eigenvalue weighted by Crippen LogP contribution is 2.21. The van der Waals surface area contributed by atoms with Crippen molar-refractivity contribution in [3.05, 3.63) is 41.2 Å². The van der Waals surface area contributed by atoms with E-state index in [1.807, 2.05) is 6.92 Å². The second-order valence-corrected chi connectivity index (χ2v) is 4.12. The van der Waals surface area contributed by atoms with Gasteiger partial charge in [-0.1, -0.05) is 11.6 Å². The maximum atomic E-state index is 11.5. The first-order chi connectivity index (χ1) is 8.65. The van der Waals surface area contributed by atoms with Crippen LogP contribution in [0.2, 0.25) is 5.02 Å². The fourth-order valence-corrected chi connectivity index (χ4v) is 1.65. The first-order valence-corrected chi connectivity index (χ1v) is 5.71. The van der Waals surface area contributed by atoms with Crippen molar-refractivity contribution in [1.29, 1.82) is 0 Å². The zero-order valence-corrected chi connectivity index (χ0v) is 10.5. The minimum Gasteiger partial charge on any atom is -0.483 e. The average Bonchev–Trinajstić information content (AvgIpc) is 2.80. The molecule has 1 heterocycles. The van der Waals surface area contributed by atoms with Gasteiger partial charge in [0.1, 0.15) is 5.75 Å². The van der Waals surface area contributed by atoms with Crippen molar-refractivity contribution < 1.29 is 9.53 Å². The van der Waals surface area contributed by atoms with Gasteiger partial charge in [-0.05, 0) is 30.7 Å². The van der Waals surface area contributed by atoms with Crippen molar-refractivity contribution in [2.75, 3.05) is 11.9 Å². The standard InChI is InChI=1S/C12H12ClN3O2/c1-8-6-9(13)2-3-10(8)18-7-11(17)16-12-14-4-5-15-12/h2-6H,7H2,1H3,(H2,14,15,16,17). The van der Waals surface area contributed by atoms with Crippen LogP contribution in [0.5, 0.6) is 5.75 Å². The molecule has 2 aromatic rings. The number of carbonyl (C=O) groups excluding carboxylic acids is 1. The molecule has 0 radical (unpaired) electrons. The number of amides is 1. The lowest BCUT2D eigenvalue weighted by atomic mass is 10.2. The summed E-state index contributed by atoms with van der Waals surface area (Å²) in [5, 5.41) is 3.21. The van der Waals surface area contributed by atoms with Crippen molar-refractivity contribution in [2.24, 2.45) is 0 Å². The molecule has 2 rings (SSSR count). The van der Waals surface area contributed by atoms with Gasteiger partial charge in [0.05, 0.1) is 0 Å². The van der Waals surface area contributed by atoms with E-state index in [0.29, 0.717) is 16.7 Å². The van der Waals surface area contributed by atoms with Crippen LogP contribution in [0.3, 0.4) is 0 Å². The van der Waals surface area contributed by atoms with E-state index in [1.165, 1.54) is 0 Å². The van der Waals surface area contributed by atoms with Crippen LogP contribution in [-0.4, -0.2) is 22.5 Å². The number of ether oxygens (including phenoxy) is 1. The molecule has 0 aliphatic rings. The first-order valence-electron chi connectivity index (χ1n) is 5.33. The Balaban J connectivity index is 1.89. The molecule has 0 aliphatic carbocycles. The van der Waals surface area contributed by atoms with Crippen LogP contribution in [-0.2, 0) is 4.79 Å². The van der Waals surface area contributed by atoms with Crippen LogP contribution in [0, 0.1) is 6.92 Å². The summed E-state index contributed by atoms with van der Waals surface area (Å²) in [5.74, 6) is 0.754. The summed E-state index contributed by atoms with van der Waals surface area (Å²) in [7, 11) is 0. The number of hydrogen-bond donors (Lipinski definition) is 2. The van der Waals surface area contributed by atoms with Crippen LogP contribution in [0.25, 0.3) is 0 Å². The van der Waals surface area contributed by atoms with Gasteiger partial charge >= 0.3 is 0 Å². The summed E-state index contributed by atoms with van der Waals surface area (Å²) < 4.78 is 5.39. The molecule has 0 saturated heterocycles. The lowest BCUT2D eigenvalue weighted by Crippen LogP contribution is -2.21. The normalized spacial score (nSPS) is 10.1. The number of aryl methyl sites for hydroxylation is 1. The number of nitrogens with one attached hydrogen (secondary N) is 2. The van der Waals surface area contributed by atoms with E-state index >= 15 is 0 Å². The van der Waals surface area contributed by atoms with Gasteiger partial charge in [-0.2, -0.15) is 0 Å². The second kappa shape index (κ2) is 5.55. The Hall–Kier alpha value is -2.01. The quantitative estimate of drug-likeness (QED) is 0.892. The summed E-state index contributed by atoms with van der Waals surface area (Å²) in [6.07, 6.45) is 3.18. The van der Waals surface area contributed by atoms with E-state index in [1.54, 1.807) is 30.6 Å². The molecule has 0 fully saturated rings. The van der Waals surface area contributed by atoms with Crippen molar-refractivity contribution in [3.8, 4) is 5.75 Å². The van der Waals surface area contributed by atoms with Gasteiger partial charge in [-0.3, -0.25) is 10.1 Å². The minimum atomic E-state index is -0.278. The van der Waals surface area contributed by atoms with Crippen molar-refractivity contribution >= 4 is 23.5 Å². The van der Waals surface area contributed by atoms with Gasteiger partial charge in [-0.15, -0.1) is 0 Å². The molecule has 18 heavy (non-hydrogen) atoms. The number of imidazole rings is 1. The molecular formula is C12H12ClN3O2. The number of H-pyrrole nitrogens is 1. The number of rotatable bonds is 4. The Bertz CT molecular complexity index is 540. The van der Waals surface area contributed by atoms with E-state index in [9.17, 15) is 4.79 Å². The summed E-state index contributed by atoms with van der Waals surface area (Å²) in [6, 6.07) is 5.23. The number of hydrogen-bond acceptors (Lipinski definition) is 3. The third kappa shape index (κ3) is 3.24. The van der Waals surface area contributed by atoms with Crippen LogP contribution in [0.15, 0.2) is 30.6 Å². The Labute approximate surface area is 109 Å². The largest absolute Gasteiger partial charge is 0.483 e. The van der Waals surface area contributed by atoms with E-state index in [4.69, 9.17) is 16.3 Å². The van der Waals surface area contributed by atoms with E-state index in [0.717, 1.165) is 5.56 Å². The van der Waals surface area contributed by atoms with Crippen molar-refractivity contribution in [3.63, 3.8) is 0 Å². The number of nitrogens with zero attached hydrogens (tertiary/aromatic N) is 1. The minimum absolute atomic E-state index is 0.0802. The topological polar surface area (TPSA) is 67.0 Å². The number of aromatic amines is 1. The Morgan fingerprint density at radius 1 is 1.56 bits per heavy atom. The molecule has 6 heteroatoms. The first kappa shape index (κ1) is 12.4. The van der Waals surface area contributed by atoms with E-state index in [2.05, 4.69) is 15.3 Å². The lowest BCUT2D eigenvalue weighted by molar-refractivity contribution is -0.118. The molecule has 5 nitrogen and oxygen atoms in total. The molecule has 0 bridgehead atoms. The van der Waals surface area contributed by atoms with Gasteiger partial charge in [0.2, 0.25) is 5.95 Å². The maximum absolute atomic E-state index is 11.5. The molecule has 1 aromatic heterocycles. The van der Waals surface area contributed by atoms with Crippen LogP contribution in [0.1, 0.15) is 5.56 Å². The molecule has 0 spiro atoms. The number of anilines is 1. The Morgan fingerprint density at radius 2 is 2.39 bits per heavy atom. The fourth-order valence-electron chi connectivity index (χ4n) is 1.42. The van der Waals surface area contributed by atoms with Gasteiger partial charge in [-0.25, -0.2) is 4.98 Å². The predicted molar refractivity (Wildman–Crippen MR) is 68.9 cm³/mol. The van der Waals surface area contributed by atoms with Crippen LogP contribution in [0.4, 0.5) is 5.95 Å². The monoisotopic (exact) mass is 265 g/mol. The van der Waals surface area contributed by atoms with E-state index in [-0.39, 0.29) is 12.5 Å². The molecule has 0 aliphatic heterocycles. The summed E-state index contributed by atoms with van der Waals surface area (Å²) in [6.45, 7) is 1.79. The number of halogens is 1. The number of aromatic nitrogens is 2. The molecule has 94 valence electrons. The highest BCUT2D eigenvalue weighted by Gasteiger charge is 2.06. The van der Waals surface area contributed by atoms with Crippen LogP contribution < -0.4 is 10.1 Å². The zero-order chi connectivity index (χ0) is 13.0. The Morgan fingerprint density at radius 3 is 3.06 bits per heavy atom. The van der Waals surface area contributed by atoms with Crippen molar-refractivity contribution in [1.82, 2.24) is 9.97 Å². The van der Waals surface area contributed by atoms with Crippen LogP contribution >= 0.6 is 11.6 Å². The molecule has 0 atom stereocenters. The highest BCUT2D eigenvalue weighted by molar-refractivity contribution is 6.30. The number of benzene rings is 1. The SMILES string of the molecule is Cc1cc(Cl)ccc1OCC(=O)Nc1ncc[nH]1. The van der Waals surface area contributed by atoms with Gasteiger partial charge in [0, 0.05) is 17.4 Å². The summed E-state index contributed by atoms with van der Waals surface area (Å²) >= 11 is 5.83. The molecule has 0 unspecified atom stereocenters. The summed E-state index contributed by atoms with van der Waals surface area (Å²) in [4.78, 5) is 18.2. The second-order valence-electron chi connectivity index (χ2n) is 3.68. The predicted octanol–water partition coefficient (Wildman–Crippen LogP) is 2.39. The zero-order valence-electron chi connectivity index (χ0n) is 9.74. The van der Waals surface area contributed by atoms with Gasteiger partial charge < -0.3 is 9.72 Å². The summed E-state index contributed by atoms with van der Waals surface area (Å²) in [5.41, 5.74) is 0.883.